The second-order valence-corrected chi connectivity index (χ2v) is 4.85. The Morgan fingerprint density at radius 1 is 1.19 bits per heavy atom. The highest BCUT2D eigenvalue weighted by molar-refractivity contribution is 6.00. The quantitative estimate of drug-likeness (QED) is 0.794. The molecule has 1 aliphatic rings. The Labute approximate surface area is 122 Å². The smallest absolute Gasteiger partial charge is 0.337 e. The van der Waals surface area contributed by atoms with Crippen LogP contribution in [0, 0.1) is 0 Å². The minimum Gasteiger partial charge on any atom is -0.484 e. The normalized spacial score (nSPS) is 16.8. The molecule has 1 atom stereocenters. The zero-order valence-corrected chi connectivity index (χ0v) is 11.5. The van der Waals surface area contributed by atoms with Crippen molar-refractivity contribution >= 4 is 11.8 Å². The number of hydrogen-bond acceptors (Lipinski definition) is 4. The van der Waals surface area contributed by atoms with E-state index in [1.54, 1.807) is 30.3 Å². The maximum atomic E-state index is 12.2. The number of carbonyl (C=O) groups excluding carboxylic acids is 2. The molecule has 0 aromatic heterocycles. The van der Waals surface area contributed by atoms with Crippen molar-refractivity contribution in [3.63, 3.8) is 0 Å². The SMILES string of the molecule is COC(=O)c1cccc(C2CC(=O)c3ccccc3O2)c1. The lowest BCUT2D eigenvalue weighted by atomic mass is 9.95. The standard InChI is InChI=1S/C17H14O4/c1-20-17(19)12-6-4-5-11(9-12)16-10-14(18)13-7-2-3-8-15(13)21-16/h2-9,16H,10H2,1H3. The molecule has 0 aliphatic carbocycles. The summed E-state index contributed by atoms with van der Waals surface area (Å²) >= 11 is 0. The third-order valence-electron chi connectivity index (χ3n) is 3.51. The van der Waals surface area contributed by atoms with Gasteiger partial charge in [0.1, 0.15) is 11.9 Å². The van der Waals surface area contributed by atoms with Crippen LogP contribution in [0.2, 0.25) is 0 Å². The van der Waals surface area contributed by atoms with E-state index in [9.17, 15) is 9.59 Å². The average Bonchev–Trinajstić information content (AvgIpc) is 2.54. The molecule has 0 N–H and O–H groups in total. The molecule has 0 fully saturated rings. The summed E-state index contributed by atoms with van der Waals surface area (Å²) in [6.45, 7) is 0. The van der Waals surface area contributed by atoms with Gasteiger partial charge in [-0.3, -0.25) is 4.79 Å². The number of hydrogen-bond donors (Lipinski definition) is 0. The Balaban J connectivity index is 1.93. The highest BCUT2D eigenvalue weighted by atomic mass is 16.5. The fourth-order valence-corrected chi connectivity index (χ4v) is 2.44. The van der Waals surface area contributed by atoms with Crippen LogP contribution in [0.1, 0.15) is 38.8 Å². The molecule has 1 aliphatic heterocycles. The summed E-state index contributed by atoms with van der Waals surface area (Å²) in [5.74, 6) is 0.229. The summed E-state index contributed by atoms with van der Waals surface area (Å²) in [7, 11) is 1.34. The number of Topliss-reactive ketones (excluding diaryl/α,β-unsaturated/α-hetero) is 1. The topological polar surface area (TPSA) is 52.6 Å². The molecule has 1 heterocycles. The number of methoxy groups -OCH3 is 1. The maximum Gasteiger partial charge on any atom is 0.337 e. The fourth-order valence-electron chi connectivity index (χ4n) is 2.44. The van der Waals surface area contributed by atoms with Crippen LogP contribution in [-0.4, -0.2) is 18.9 Å². The van der Waals surface area contributed by atoms with Crippen molar-refractivity contribution in [2.45, 2.75) is 12.5 Å². The van der Waals surface area contributed by atoms with Gasteiger partial charge < -0.3 is 9.47 Å². The molecular weight excluding hydrogens is 268 g/mol. The van der Waals surface area contributed by atoms with E-state index >= 15 is 0 Å². The monoisotopic (exact) mass is 282 g/mol. The van der Waals surface area contributed by atoms with Crippen molar-refractivity contribution in [3.05, 3.63) is 65.2 Å². The third-order valence-corrected chi connectivity index (χ3v) is 3.51. The van der Waals surface area contributed by atoms with Gasteiger partial charge in [0.25, 0.3) is 0 Å². The van der Waals surface area contributed by atoms with Crippen LogP contribution in [0.5, 0.6) is 5.75 Å². The van der Waals surface area contributed by atoms with E-state index in [-0.39, 0.29) is 18.3 Å². The van der Waals surface area contributed by atoms with Crippen molar-refractivity contribution in [3.8, 4) is 5.75 Å². The number of benzene rings is 2. The Morgan fingerprint density at radius 3 is 2.81 bits per heavy atom. The van der Waals surface area contributed by atoms with Gasteiger partial charge in [0.2, 0.25) is 0 Å². The van der Waals surface area contributed by atoms with Gasteiger partial charge in [-0.1, -0.05) is 24.3 Å². The molecule has 4 heteroatoms. The molecule has 0 saturated carbocycles. The number of esters is 1. The van der Waals surface area contributed by atoms with Crippen LogP contribution in [0.15, 0.2) is 48.5 Å². The Bertz CT molecular complexity index is 705. The molecule has 2 aromatic rings. The highest BCUT2D eigenvalue weighted by Crippen LogP contribution is 2.34. The number of para-hydroxylation sites is 1. The van der Waals surface area contributed by atoms with Crippen LogP contribution in [-0.2, 0) is 4.74 Å². The van der Waals surface area contributed by atoms with Gasteiger partial charge in [-0.2, -0.15) is 0 Å². The molecule has 21 heavy (non-hydrogen) atoms. The zero-order chi connectivity index (χ0) is 14.8. The average molecular weight is 282 g/mol. The number of ketones is 1. The second-order valence-electron chi connectivity index (χ2n) is 4.85. The molecule has 2 aromatic carbocycles. The second kappa shape index (κ2) is 5.40. The van der Waals surface area contributed by atoms with Gasteiger partial charge in [0, 0.05) is 0 Å². The van der Waals surface area contributed by atoms with Gasteiger partial charge in [0.05, 0.1) is 24.7 Å². The van der Waals surface area contributed by atoms with E-state index in [2.05, 4.69) is 0 Å². The first kappa shape index (κ1) is 13.4. The summed E-state index contributed by atoms with van der Waals surface area (Å²) in [5, 5.41) is 0. The zero-order valence-electron chi connectivity index (χ0n) is 11.5. The van der Waals surface area contributed by atoms with Crippen molar-refractivity contribution in [2.75, 3.05) is 7.11 Å². The van der Waals surface area contributed by atoms with Crippen LogP contribution >= 0.6 is 0 Å². The van der Waals surface area contributed by atoms with E-state index in [1.807, 2.05) is 18.2 Å². The first-order valence-corrected chi connectivity index (χ1v) is 6.66. The van der Waals surface area contributed by atoms with Gasteiger partial charge >= 0.3 is 5.97 Å². The lowest BCUT2D eigenvalue weighted by molar-refractivity contribution is 0.0600. The summed E-state index contributed by atoms with van der Waals surface area (Å²) in [6.07, 6.45) is -0.112. The van der Waals surface area contributed by atoms with Gasteiger partial charge in [0.15, 0.2) is 5.78 Å². The summed E-state index contributed by atoms with van der Waals surface area (Å²) < 4.78 is 10.6. The molecule has 0 radical (unpaired) electrons. The molecular formula is C17H14O4. The van der Waals surface area contributed by atoms with Crippen LogP contribution in [0.3, 0.4) is 0 Å². The summed E-state index contributed by atoms with van der Waals surface area (Å²) in [4.78, 5) is 23.8. The molecule has 0 bridgehead atoms. The van der Waals surface area contributed by atoms with Gasteiger partial charge in [-0.15, -0.1) is 0 Å². The number of carbonyl (C=O) groups is 2. The van der Waals surface area contributed by atoms with Crippen LogP contribution in [0.25, 0.3) is 0 Å². The molecule has 4 nitrogen and oxygen atoms in total. The minimum atomic E-state index is -0.403. The minimum absolute atomic E-state index is 0.0466. The van der Waals surface area contributed by atoms with E-state index in [1.165, 1.54) is 7.11 Å². The first-order chi connectivity index (χ1) is 10.2. The molecule has 1 unspecified atom stereocenters. The number of rotatable bonds is 2. The molecule has 3 rings (SSSR count). The van der Waals surface area contributed by atoms with Crippen LogP contribution in [0.4, 0.5) is 0 Å². The van der Waals surface area contributed by atoms with Gasteiger partial charge in [-0.05, 0) is 29.8 Å². The van der Waals surface area contributed by atoms with Crippen LogP contribution < -0.4 is 4.74 Å². The molecule has 0 amide bonds. The maximum absolute atomic E-state index is 12.2. The van der Waals surface area contributed by atoms with Crippen molar-refractivity contribution < 1.29 is 19.1 Å². The Kier molecular flexibility index (Phi) is 3.44. The van der Waals surface area contributed by atoms with Crippen molar-refractivity contribution in [2.24, 2.45) is 0 Å². The predicted molar refractivity (Wildman–Crippen MR) is 76.5 cm³/mol. The fraction of sp³-hybridized carbons (Fsp3) is 0.176. The third kappa shape index (κ3) is 2.52. The predicted octanol–water partition coefficient (Wildman–Crippen LogP) is 3.18. The molecule has 0 spiro atoms. The van der Waals surface area contributed by atoms with E-state index in [0.717, 1.165) is 5.56 Å². The number of fused-ring (bicyclic) bond motifs is 1. The highest BCUT2D eigenvalue weighted by Gasteiger charge is 2.27. The first-order valence-electron chi connectivity index (χ1n) is 6.66. The van der Waals surface area contributed by atoms with E-state index in [4.69, 9.17) is 9.47 Å². The van der Waals surface area contributed by atoms with E-state index < -0.39 is 5.97 Å². The Hall–Kier alpha value is -2.62. The number of ether oxygens (including phenoxy) is 2. The summed E-state index contributed by atoms with van der Waals surface area (Å²) in [6, 6.07) is 14.2. The van der Waals surface area contributed by atoms with Crippen molar-refractivity contribution in [1.29, 1.82) is 0 Å². The summed E-state index contributed by atoms with van der Waals surface area (Å²) in [5.41, 5.74) is 1.85. The Morgan fingerprint density at radius 2 is 2.00 bits per heavy atom. The molecule has 0 saturated heterocycles. The van der Waals surface area contributed by atoms with E-state index in [0.29, 0.717) is 16.9 Å². The largest absolute Gasteiger partial charge is 0.484 e. The lowest BCUT2D eigenvalue weighted by Crippen LogP contribution is -2.20. The van der Waals surface area contributed by atoms with Crippen molar-refractivity contribution in [1.82, 2.24) is 0 Å². The van der Waals surface area contributed by atoms with Gasteiger partial charge in [-0.25, -0.2) is 4.79 Å². The lowest BCUT2D eigenvalue weighted by Gasteiger charge is -2.25. The molecule has 106 valence electrons.